The molecule has 13 heteroatoms. The monoisotopic (exact) mass is 887 g/mol. The largest absolute Gasteiger partial charge is 0.462 e. The maximum atomic E-state index is 12.8. The van der Waals surface area contributed by atoms with E-state index < -0.39 is 71.2 Å². The predicted octanol–water partition coefficient (Wildman–Crippen LogP) is 10.2. The van der Waals surface area contributed by atoms with Gasteiger partial charge in [0.05, 0.1) is 6.61 Å². The minimum Gasteiger partial charge on any atom is -0.462 e. The number of allylic oxidation sites excluding steroid dienone is 6. The smallest absolute Gasteiger partial charge is 0.306 e. The average molecular weight is 887 g/mol. The van der Waals surface area contributed by atoms with Gasteiger partial charge < -0.3 is 34.3 Å². The Morgan fingerprint density at radius 2 is 0.984 bits per heavy atom. The van der Waals surface area contributed by atoms with Crippen molar-refractivity contribution in [3.8, 4) is 0 Å². The second kappa shape index (κ2) is 38.3. The fraction of sp³-hybridized carbons (Fsp3) is 0.833. The first-order chi connectivity index (χ1) is 29.5. The molecule has 1 saturated heterocycles. The summed E-state index contributed by atoms with van der Waals surface area (Å²) >= 11 is 0. The fourth-order valence-corrected chi connectivity index (χ4v) is 7.86. The van der Waals surface area contributed by atoms with E-state index in [1.165, 1.54) is 83.5 Å². The van der Waals surface area contributed by atoms with Gasteiger partial charge in [-0.25, -0.2) is 0 Å². The Kier molecular flexibility index (Phi) is 35.8. The van der Waals surface area contributed by atoms with Crippen LogP contribution in [-0.2, 0) is 38.7 Å². The number of unbranched alkanes of at least 4 members (excludes halogenated alkanes) is 22. The normalized spacial score (nSPS) is 20.3. The summed E-state index contributed by atoms with van der Waals surface area (Å²) in [6.45, 7) is 3.72. The number of esters is 2. The zero-order valence-corrected chi connectivity index (χ0v) is 38.8. The molecule has 61 heavy (non-hydrogen) atoms. The quantitative estimate of drug-likeness (QED) is 0.0198. The summed E-state index contributed by atoms with van der Waals surface area (Å²) in [7, 11) is -4.60. The molecule has 0 saturated carbocycles. The van der Waals surface area contributed by atoms with E-state index in [4.69, 9.17) is 18.9 Å². The van der Waals surface area contributed by atoms with Crippen molar-refractivity contribution < 1.29 is 56.8 Å². The number of carbonyl (C=O) groups excluding carboxylic acids is 2. The topological polar surface area (TPSA) is 186 Å². The molecular formula is C48H86O12S. The molecule has 1 heterocycles. The number of rotatable bonds is 40. The van der Waals surface area contributed by atoms with Crippen LogP contribution in [0.4, 0.5) is 0 Å². The van der Waals surface area contributed by atoms with Crippen molar-refractivity contribution in [2.45, 2.75) is 237 Å². The highest BCUT2D eigenvalue weighted by molar-refractivity contribution is 7.85. The van der Waals surface area contributed by atoms with Crippen LogP contribution in [0.1, 0.15) is 200 Å². The second-order valence-electron chi connectivity index (χ2n) is 16.8. The number of hydrogen-bond donors (Lipinski definition) is 4. The summed E-state index contributed by atoms with van der Waals surface area (Å²) in [5.41, 5.74) is 0. The second-order valence-corrected chi connectivity index (χ2v) is 18.3. The Balaban J connectivity index is 2.42. The van der Waals surface area contributed by atoms with E-state index in [-0.39, 0.29) is 19.4 Å². The van der Waals surface area contributed by atoms with Gasteiger partial charge in [-0.15, -0.1) is 0 Å². The first-order valence-corrected chi connectivity index (χ1v) is 25.7. The van der Waals surface area contributed by atoms with Gasteiger partial charge in [-0.2, -0.15) is 8.42 Å². The Bertz CT molecular complexity index is 1270. The zero-order valence-electron chi connectivity index (χ0n) is 38.0. The van der Waals surface area contributed by atoms with E-state index in [2.05, 4.69) is 50.3 Å². The number of hydrogen-bond acceptors (Lipinski definition) is 11. The standard InChI is InChI=1S/C48H86O12S/c1-3-5-7-9-11-13-15-17-19-20-21-22-23-25-27-29-31-33-35-37-44(50)59-41(39-58-48-47(53)46(52)45(51)42(60-48)40-61(54,55)56)38-57-43(49)36-34-32-30-28-26-24-18-16-14-12-10-8-6-4-2/h11,13,16-19,41-42,45-48,51-53H,3-10,12,14-15,20-40H2,1-2H3,(H,54,55,56)/b13-11-,18-16-,19-17-. The van der Waals surface area contributed by atoms with Crippen LogP contribution >= 0.6 is 0 Å². The molecule has 4 N–H and O–H groups in total. The third kappa shape index (κ3) is 33.1. The van der Waals surface area contributed by atoms with Crippen LogP contribution in [0.2, 0.25) is 0 Å². The third-order valence-corrected chi connectivity index (χ3v) is 11.7. The van der Waals surface area contributed by atoms with Gasteiger partial charge in [0, 0.05) is 12.8 Å². The van der Waals surface area contributed by atoms with Crippen molar-refractivity contribution in [1.29, 1.82) is 0 Å². The van der Waals surface area contributed by atoms with Crippen LogP contribution in [0.25, 0.3) is 0 Å². The first-order valence-electron chi connectivity index (χ1n) is 24.0. The number of ether oxygens (including phenoxy) is 4. The molecule has 1 rings (SSSR count). The van der Waals surface area contributed by atoms with Gasteiger partial charge in [-0.3, -0.25) is 14.1 Å². The number of aliphatic hydroxyl groups is 3. The SMILES string of the molecule is CCCCC/C=C\C/C=C\CCCCCCCCCCCC(=O)OC(COC(=O)CCCCCCC/C=C\CCCCCCC)COC1OC(CS(=O)(=O)O)C(O)C(O)C1O. The van der Waals surface area contributed by atoms with Gasteiger partial charge in [0.15, 0.2) is 12.4 Å². The van der Waals surface area contributed by atoms with Crippen molar-refractivity contribution >= 4 is 22.1 Å². The van der Waals surface area contributed by atoms with E-state index in [1.807, 2.05) is 0 Å². The molecule has 0 aromatic heterocycles. The van der Waals surface area contributed by atoms with Crippen LogP contribution in [0.3, 0.4) is 0 Å². The lowest BCUT2D eigenvalue weighted by Gasteiger charge is -2.40. The molecule has 356 valence electrons. The molecule has 6 atom stereocenters. The summed E-state index contributed by atoms with van der Waals surface area (Å²) in [6, 6.07) is 0. The number of carbonyl (C=O) groups is 2. The lowest BCUT2D eigenvalue weighted by Crippen LogP contribution is -2.60. The maximum Gasteiger partial charge on any atom is 0.306 e. The Labute approximate surface area is 370 Å². The molecule has 1 fully saturated rings. The maximum absolute atomic E-state index is 12.8. The van der Waals surface area contributed by atoms with Gasteiger partial charge in [0.2, 0.25) is 0 Å². The molecule has 0 aromatic rings. The summed E-state index contributed by atoms with van der Waals surface area (Å²) in [5.74, 6) is -2.00. The van der Waals surface area contributed by atoms with Crippen LogP contribution < -0.4 is 0 Å². The van der Waals surface area contributed by atoms with Crippen LogP contribution in [0.15, 0.2) is 36.5 Å². The highest BCUT2D eigenvalue weighted by atomic mass is 32.2. The Morgan fingerprint density at radius 3 is 1.49 bits per heavy atom. The molecule has 0 aliphatic carbocycles. The number of aliphatic hydroxyl groups excluding tert-OH is 3. The molecule has 12 nitrogen and oxygen atoms in total. The summed E-state index contributed by atoms with van der Waals surface area (Å²) in [6.07, 6.45) is 34.7. The lowest BCUT2D eigenvalue weighted by atomic mass is 10.00. The van der Waals surface area contributed by atoms with Crippen LogP contribution in [0, 0.1) is 0 Å². The average Bonchev–Trinajstić information content (AvgIpc) is 3.22. The van der Waals surface area contributed by atoms with Gasteiger partial charge in [0.25, 0.3) is 10.1 Å². The molecular weight excluding hydrogens is 801 g/mol. The third-order valence-electron chi connectivity index (χ3n) is 10.9. The van der Waals surface area contributed by atoms with E-state index >= 15 is 0 Å². The molecule has 0 bridgehead atoms. The molecule has 6 unspecified atom stereocenters. The molecule has 0 radical (unpaired) electrons. The first kappa shape index (κ1) is 56.9. The fourth-order valence-electron chi connectivity index (χ4n) is 7.17. The Hall–Kier alpha value is -2.13. The zero-order chi connectivity index (χ0) is 44.8. The van der Waals surface area contributed by atoms with Crippen molar-refractivity contribution in [2.75, 3.05) is 19.0 Å². The van der Waals surface area contributed by atoms with Crippen molar-refractivity contribution in [1.82, 2.24) is 0 Å². The van der Waals surface area contributed by atoms with Gasteiger partial charge in [-0.05, 0) is 70.6 Å². The van der Waals surface area contributed by atoms with Gasteiger partial charge in [-0.1, -0.05) is 153 Å². The van der Waals surface area contributed by atoms with Crippen molar-refractivity contribution in [3.63, 3.8) is 0 Å². The molecule has 0 amide bonds. The van der Waals surface area contributed by atoms with Crippen LogP contribution in [0.5, 0.6) is 0 Å². The van der Waals surface area contributed by atoms with Crippen LogP contribution in [-0.4, -0.2) is 96.0 Å². The van der Waals surface area contributed by atoms with Crippen molar-refractivity contribution in [3.05, 3.63) is 36.5 Å². The van der Waals surface area contributed by atoms with Crippen molar-refractivity contribution in [2.24, 2.45) is 0 Å². The van der Waals surface area contributed by atoms with E-state index in [0.29, 0.717) is 12.8 Å². The van der Waals surface area contributed by atoms with Gasteiger partial charge in [0.1, 0.15) is 36.8 Å². The molecule has 1 aliphatic rings. The van der Waals surface area contributed by atoms with E-state index in [1.54, 1.807) is 0 Å². The summed E-state index contributed by atoms with van der Waals surface area (Å²) < 4.78 is 54.1. The summed E-state index contributed by atoms with van der Waals surface area (Å²) in [5, 5.41) is 30.9. The van der Waals surface area contributed by atoms with E-state index in [0.717, 1.165) is 77.0 Å². The minimum atomic E-state index is -4.60. The predicted molar refractivity (Wildman–Crippen MR) is 243 cm³/mol. The van der Waals surface area contributed by atoms with Gasteiger partial charge >= 0.3 is 11.9 Å². The molecule has 1 aliphatic heterocycles. The molecule has 0 spiro atoms. The Morgan fingerprint density at radius 1 is 0.557 bits per heavy atom. The highest BCUT2D eigenvalue weighted by Crippen LogP contribution is 2.24. The van der Waals surface area contributed by atoms with E-state index in [9.17, 15) is 37.9 Å². The highest BCUT2D eigenvalue weighted by Gasteiger charge is 2.46. The lowest BCUT2D eigenvalue weighted by molar-refractivity contribution is -0.297. The minimum absolute atomic E-state index is 0.158. The summed E-state index contributed by atoms with van der Waals surface area (Å²) in [4.78, 5) is 25.4. The molecule has 0 aromatic carbocycles.